The van der Waals surface area contributed by atoms with Crippen LogP contribution in [0.25, 0.3) is 5.69 Å². The van der Waals surface area contributed by atoms with E-state index in [1.807, 2.05) is 0 Å². The van der Waals surface area contributed by atoms with Crippen LogP contribution in [0.1, 0.15) is 32.1 Å². The second kappa shape index (κ2) is 7.84. The molecule has 138 valence electrons. The van der Waals surface area contributed by atoms with Crippen LogP contribution in [0.2, 0.25) is 5.02 Å². The lowest BCUT2D eigenvalue weighted by Crippen LogP contribution is -2.47. The Hall–Kier alpha value is -2.45. The summed E-state index contributed by atoms with van der Waals surface area (Å²) in [4.78, 5) is 25.7. The summed E-state index contributed by atoms with van der Waals surface area (Å²) in [5.74, 6) is 0. The van der Waals surface area contributed by atoms with Crippen LogP contribution in [0, 0.1) is 0 Å². The summed E-state index contributed by atoms with van der Waals surface area (Å²) in [6.07, 6.45) is 6.96. The fourth-order valence-electron chi connectivity index (χ4n) is 2.97. The van der Waals surface area contributed by atoms with Crippen LogP contribution in [0.5, 0.6) is 0 Å². The lowest BCUT2D eigenvalue weighted by molar-refractivity contribution is 0.0894. The van der Waals surface area contributed by atoms with E-state index in [1.165, 1.54) is 5.01 Å². The van der Waals surface area contributed by atoms with E-state index in [-0.39, 0.29) is 0 Å². The average molecular weight is 377 g/mol. The SMILES string of the molecule is CN(C)N(C(=O)n1nnn(-c2ccccc2Cl)c1=O)C1=CCCCCC1. The molecule has 1 aliphatic rings. The molecule has 2 aromatic rings. The van der Waals surface area contributed by atoms with Crippen LogP contribution in [0.4, 0.5) is 4.79 Å². The Morgan fingerprint density at radius 1 is 1.15 bits per heavy atom. The van der Waals surface area contributed by atoms with Crippen molar-refractivity contribution in [3.8, 4) is 5.69 Å². The van der Waals surface area contributed by atoms with Gasteiger partial charge in [-0.15, -0.1) is 4.68 Å². The maximum atomic E-state index is 13.0. The zero-order valence-corrected chi connectivity index (χ0v) is 15.6. The summed E-state index contributed by atoms with van der Waals surface area (Å²) >= 11 is 6.12. The van der Waals surface area contributed by atoms with Crippen molar-refractivity contribution in [3.05, 3.63) is 51.5 Å². The number of hydrazine groups is 1. The summed E-state index contributed by atoms with van der Waals surface area (Å²) in [7, 11) is 3.51. The van der Waals surface area contributed by atoms with Gasteiger partial charge < -0.3 is 0 Å². The van der Waals surface area contributed by atoms with E-state index >= 15 is 0 Å². The summed E-state index contributed by atoms with van der Waals surface area (Å²) in [5.41, 5.74) is 0.587. The molecular formula is C17H21ClN6O2. The molecule has 0 fully saturated rings. The standard InChI is InChI=1S/C17H21ClN6O2/c1-21(2)24(13-9-5-3-4-6-10-13)17(26)23-16(25)22(19-20-23)15-12-8-7-11-14(15)18/h7-9,11-12H,3-6,10H2,1-2H3. The molecule has 0 unspecified atom stereocenters. The van der Waals surface area contributed by atoms with E-state index in [2.05, 4.69) is 16.5 Å². The van der Waals surface area contributed by atoms with Gasteiger partial charge in [0.1, 0.15) is 0 Å². The van der Waals surface area contributed by atoms with E-state index in [9.17, 15) is 9.59 Å². The number of carbonyl (C=O) groups is 1. The van der Waals surface area contributed by atoms with Gasteiger partial charge in [-0.1, -0.05) is 36.2 Å². The van der Waals surface area contributed by atoms with Crippen LogP contribution >= 0.6 is 11.6 Å². The number of hydrogen-bond acceptors (Lipinski definition) is 5. The number of halogens is 1. The van der Waals surface area contributed by atoms with Gasteiger partial charge in [0.15, 0.2) is 0 Å². The minimum atomic E-state index is -0.663. The molecule has 0 aliphatic heterocycles. The molecule has 9 heteroatoms. The Morgan fingerprint density at radius 3 is 2.65 bits per heavy atom. The van der Waals surface area contributed by atoms with Gasteiger partial charge in [-0.2, -0.15) is 4.68 Å². The maximum Gasteiger partial charge on any atom is 0.377 e. The lowest BCUT2D eigenvalue weighted by atomic mass is 10.2. The average Bonchev–Trinajstić information content (AvgIpc) is 2.81. The molecule has 0 N–H and O–H groups in total. The largest absolute Gasteiger partial charge is 0.377 e. The number of aromatic nitrogens is 4. The van der Waals surface area contributed by atoms with Crippen molar-refractivity contribution in [1.82, 2.24) is 29.8 Å². The molecule has 0 radical (unpaired) electrons. The number of nitrogens with zero attached hydrogens (tertiary/aromatic N) is 6. The predicted octanol–water partition coefficient (Wildman–Crippen LogP) is 2.68. The fraction of sp³-hybridized carbons (Fsp3) is 0.412. The Labute approximate surface area is 156 Å². The van der Waals surface area contributed by atoms with Crippen molar-refractivity contribution in [2.24, 2.45) is 0 Å². The summed E-state index contributed by atoms with van der Waals surface area (Å²) in [6.45, 7) is 0. The molecule has 0 bridgehead atoms. The van der Waals surface area contributed by atoms with Crippen LogP contribution < -0.4 is 5.69 Å². The van der Waals surface area contributed by atoms with E-state index < -0.39 is 11.7 Å². The highest BCUT2D eigenvalue weighted by molar-refractivity contribution is 6.32. The molecule has 3 rings (SSSR count). The first-order valence-corrected chi connectivity index (χ1v) is 8.89. The number of amides is 1. The monoisotopic (exact) mass is 376 g/mol. The van der Waals surface area contributed by atoms with E-state index in [0.717, 1.165) is 47.2 Å². The third-order valence-corrected chi connectivity index (χ3v) is 4.53. The van der Waals surface area contributed by atoms with Crippen molar-refractivity contribution in [2.75, 3.05) is 14.1 Å². The molecular weight excluding hydrogens is 356 g/mol. The first-order valence-electron chi connectivity index (χ1n) is 8.51. The Bertz CT molecular complexity index is 885. The minimum absolute atomic E-state index is 0.352. The maximum absolute atomic E-state index is 13.0. The third-order valence-electron chi connectivity index (χ3n) is 4.21. The van der Waals surface area contributed by atoms with Gasteiger partial charge in [0.2, 0.25) is 0 Å². The van der Waals surface area contributed by atoms with Crippen molar-refractivity contribution in [1.29, 1.82) is 0 Å². The molecule has 0 saturated heterocycles. The summed E-state index contributed by atoms with van der Waals surface area (Å²) in [6, 6.07) is 6.21. The molecule has 1 aromatic heterocycles. The third kappa shape index (κ3) is 3.56. The number of hydrogen-bond donors (Lipinski definition) is 0. The van der Waals surface area contributed by atoms with Gasteiger partial charge in [0.05, 0.1) is 10.7 Å². The highest BCUT2D eigenvalue weighted by atomic mass is 35.5. The topological polar surface area (TPSA) is 76.3 Å². The van der Waals surface area contributed by atoms with E-state index in [1.54, 1.807) is 43.4 Å². The van der Waals surface area contributed by atoms with Crippen LogP contribution in [-0.4, -0.2) is 49.9 Å². The molecule has 26 heavy (non-hydrogen) atoms. The molecule has 0 spiro atoms. The quantitative estimate of drug-likeness (QED) is 0.608. The zero-order valence-electron chi connectivity index (χ0n) is 14.8. The number of benzene rings is 1. The van der Waals surface area contributed by atoms with Gasteiger partial charge in [-0.3, -0.25) is 0 Å². The molecule has 1 amide bonds. The molecule has 0 saturated carbocycles. The second-order valence-corrected chi connectivity index (χ2v) is 6.68. The Kier molecular flexibility index (Phi) is 5.53. The first-order chi connectivity index (χ1) is 12.5. The van der Waals surface area contributed by atoms with Gasteiger partial charge in [0, 0.05) is 19.8 Å². The normalized spacial score (nSPS) is 14.8. The van der Waals surface area contributed by atoms with E-state index in [0.29, 0.717) is 10.7 Å². The predicted molar refractivity (Wildman–Crippen MR) is 98.1 cm³/mol. The number of carbonyl (C=O) groups excluding carboxylic acids is 1. The minimum Gasteiger partial charge on any atom is -0.244 e. The highest BCUT2D eigenvalue weighted by Gasteiger charge is 2.27. The van der Waals surface area contributed by atoms with Gasteiger partial charge in [-0.25, -0.2) is 19.6 Å². The molecule has 0 atom stereocenters. The molecule has 1 aromatic carbocycles. The zero-order chi connectivity index (χ0) is 18.7. The van der Waals surface area contributed by atoms with Crippen molar-refractivity contribution >= 4 is 17.6 Å². The van der Waals surface area contributed by atoms with E-state index in [4.69, 9.17) is 11.6 Å². The van der Waals surface area contributed by atoms with Crippen LogP contribution in [0.15, 0.2) is 40.8 Å². The molecule has 1 aliphatic carbocycles. The van der Waals surface area contributed by atoms with Gasteiger partial charge >= 0.3 is 11.7 Å². The van der Waals surface area contributed by atoms with Gasteiger partial charge in [0.25, 0.3) is 0 Å². The smallest absolute Gasteiger partial charge is 0.244 e. The Morgan fingerprint density at radius 2 is 1.92 bits per heavy atom. The number of rotatable bonds is 3. The number of tetrazole rings is 1. The Balaban J connectivity index is 1.97. The molecule has 1 heterocycles. The number of allylic oxidation sites excluding steroid dienone is 2. The summed E-state index contributed by atoms with van der Waals surface area (Å²) in [5, 5.41) is 11.1. The van der Waals surface area contributed by atoms with Crippen molar-refractivity contribution in [2.45, 2.75) is 32.1 Å². The highest BCUT2D eigenvalue weighted by Crippen LogP contribution is 2.22. The van der Waals surface area contributed by atoms with Crippen LogP contribution in [-0.2, 0) is 0 Å². The summed E-state index contributed by atoms with van der Waals surface area (Å²) < 4.78 is 1.78. The van der Waals surface area contributed by atoms with Crippen molar-refractivity contribution in [3.63, 3.8) is 0 Å². The fourth-order valence-corrected chi connectivity index (χ4v) is 3.19. The lowest BCUT2D eigenvalue weighted by Gasteiger charge is -2.29. The van der Waals surface area contributed by atoms with Crippen LogP contribution in [0.3, 0.4) is 0 Å². The number of para-hydroxylation sites is 1. The second-order valence-electron chi connectivity index (χ2n) is 6.27. The molecule has 8 nitrogen and oxygen atoms in total. The van der Waals surface area contributed by atoms with Gasteiger partial charge in [-0.05, 0) is 48.2 Å². The first kappa shape index (κ1) is 18.3. The van der Waals surface area contributed by atoms with Crippen molar-refractivity contribution < 1.29 is 4.79 Å².